The van der Waals surface area contributed by atoms with Crippen molar-refractivity contribution in [2.75, 3.05) is 26.7 Å². The van der Waals surface area contributed by atoms with E-state index in [1.54, 1.807) is 7.05 Å². The van der Waals surface area contributed by atoms with Gasteiger partial charge >= 0.3 is 0 Å². The van der Waals surface area contributed by atoms with Gasteiger partial charge in [0.15, 0.2) is 0 Å². The molecule has 1 aliphatic rings. The van der Waals surface area contributed by atoms with Gasteiger partial charge < -0.3 is 15.2 Å². The van der Waals surface area contributed by atoms with Gasteiger partial charge in [0.2, 0.25) is 10.0 Å². The fraction of sp³-hybridized carbons (Fsp3) is 0.583. The zero-order valence-corrected chi connectivity index (χ0v) is 13.9. The molecule has 0 saturated carbocycles. The number of amides is 1. The number of aromatic nitrogens is 1. The molecule has 1 amide bonds. The van der Waals surface area contributed by atoms with Crippen molar-refractivity contribution in [3.05, 3.63) is 18.0 Å². The van der Waals surface area contributed by atoms with E-state index in [1.165, 1.54) is 28.2 Å². The van der Waals surface area contributed by atoms with E-state index in [0.717, 1.165) is 0 Å². The number of nitrogens with zero attached hydrogens (tertiary/aromatic N) is 2. The van der Waals surface area contributed by atoms with Crippen molar-refractivity contribution in [3.8, 4) is 0 Å². The molecular formula is C12H21ClN4O3S. The van der Waals surface area contributed by atoms with Crippen molar-refractivity contribution in [2.45, 2.75) is 17.9 Å². The molecule has 1 fully saturated rings. The number of nitrogens with one attached hydrogen (secondary N) is 2. The van der Waals surface area contributed by atoms with Crippen molar-refractivity contribution >= 4 is 28.3 Å². The molecule has 21 heavy (non-hydrogen) atoms. The van der Waals surface area contributed by atoms with Gasteiger partial charge in [-0.25, -0.2) is 8.42 Å². The second-order valence-corrected chi connectivity index (χ2v) is 6.91. The third-order valence-electron chi connectivity index (χ3n) is 3.41. The lowest BCUT2D eigenvalue weighted by Gasteiger charge is -2.30. The largest absolute Gasteiger partial charge is 0.354 e. The fourth-order valence-corrected chi connectivity index (χ4v) is 3.89. The van der Waals surface area contributed by atoms with Crippen LogP contribution in [0.15, 0.2) is 17.2 Å². The summed E-state index contributed by atoms with van der Waals surface area (Å²) < 4.78 is 28.1. The quantitative estimate of drug-likeness (QED) is 0.800. The van der Waals surface area contributed by atoms with Crippen LogP contribution in [0.3, 0.4) is 0 Å². The number of carbonyl (C=O) groups is 1. The molecule has 0 aliphatic carbocycles. The lowest BCUT2D eigenvalue weighted by molar-refractivity contribution is 0.0955. The average Bonchev–Trinajstić information content (AvgIpc) is 2.80. The molecule has 2 heterocycles. The van der Waals surface area contributed by atoms with Crippen LogP contribution in [0.4, 0.5) is 0 Å². The van der Waals surface area contributed by atoms with Crippen molar-refractivity contribution in [2.24, 2.45) is 7.05 Å². The summed E-state index contributed by atoms with van der Waals surface area (Å²) >= 11 is 0. The Kier molecular flexibility index (Phi) is 5.80. The van der Waals surface area contributed by atoms with Crippen LogP contribution >= 0.6 is 12.4 Å². The minimum atomic E-state index is -3.55. The molecule has 1 unspecified atom stereocenters. The number of carbonyl (C=O) groups excluding carboxylic acids is 1. The van der Waals surface area contributed by atoms with Gasteiger partial charge in [0.25, 0.3) is 5.91 Å². The number of piperazine rings is 1. The Hall–Kier alpha value is -1.09. The highest BCUT2D eigenvalue weighted by Gasteiger charge is 2.30. The first-order valence-corrected chi connectivity index (χ1v) is 7.92. The minimum absolute atomic E-state index is 0. The monoisotopic (exact) mass is 336 g/mol. The minimum Gasteiger partial charge on any atom is -0.354 e. The van der Waals surface area contributed by atoms with E-state index in [-0.39, 0.29) is 29.3 Å². The van der Waals surface area contributed by atoms with Crippen LogP contribution < -0.4 is 10.6 Å². The first-order chi connectivity index (χ1) is 9.36. The summed E-state index contributed by atoms with van der Waals surface area (Å²) in [6, 6.07) is 1.54. The third kappa shape index (κ3) is 3.57. The van der Waals surface area contributed by atoms with Crippen molar-refractivity contribution in [1.29, 1.82) is 0 Å². The molecule has 9 heteroatoms. The number of rotatable bonds is 3. The molecule has 1 aromatic rings. The molecule has 7 nitrogen and oxygen atoms in total. The summed E-state index contributed by atoms with van der Waals surface area (Å²) in [5.41, 5.74) is 0.328. The molecule has 0 bridgehead atoms. The Labute approximate surface area is 131 Å². The number of aryl methyl sites for hydroxylation is 1. The molecule has 120 valence electrons. The predicted octanol–water partition coefficient (Wildman–Crippen LogP) is -0.211. The van der Waals surface area contributed by atoms with Crippen molar-refractivity contribution in [3.63, 3.8) is 0 Å². The normalized spacial score (nSPS) is 19.9. The molecule has 1 aromatic heterocycles. The van der Waals surface area contributed by atoms with Gasteiger partial charge in [-0.05, 0) is 13.0 Å². The lowest BCUT2D eigenvalue weighted by Crippen LogP contribution is -2.51. The molecule has 0 aromatic carbocycles. The summed E-state index contributed by atoms with van der Waals surface area (Å²) in [6.45, 7) is 3.46. The second kappa shape index (κ2) is 6.78. The van der Waals surface area contributed by atoms with Crippen LogP contribution in [0, 0.1) is 0 Å². The maximum absolute atomic E-state index is 12.6. The standard InChI is InChI=1S/C12H20N4O3S.ClH/c1-9-7-16(5-4-14-9)20(18,19)10-6-11(12(17)13-2)15(3)8-10;/h6,8-9,14H,4-5,7H2,1-3H3,(H,13,17);1H. The SMILES string of the molecule is CNC(=O)c1cc(S(=O)(=O)N2CCNC(C)C2)cn1C.Cl. The summed E-state index contributed by atoms with van der Waals surface area (Å²) in [5.74, 6) is -0.303. The highest BCUT2D eigenvalue weighted by atomic mass is 35.5. The first kappa shape index (κ1) is 18.0. The lowest BCUT2D eigenvalue weighted by atomic mass is 10.3. The van der Waals surface area contributed by atoms with Crippen LogP contribution in [0.1, 0.15) is 17.4 Å². The van der Waals surface area contributed by atoms with E-state index in [2.05, 4.69) is 10.6 Å². The van der Waals surface area contributed by atoms with E-state index in [9.17, 15) is 13.2 Å². The van der Waals surface area contributed by atoms with E-state index in [4.69, 9.17) is 0 Å². The highest BCUT2D eigenvalue weighted by Crippen LogP contribution is 2.19. The molecule has 1 saturated heterocycles. The van der Waals surface area contributed by atoms with Crippen LogP contribution in [-0.4, -0.2) is 55.9 Å². The van der Waals surface area contributed by atoms with Crippen molar-refractivity contribution < 1.29 is 13.2 Å². The van der Waals surface area contributed by atoms with Gasteiger partial charge in [-0.1, -0.05) is 0 Å². The first-order valence-electron chi connectivity index (χ1n) is 6.48. The molecule has 2 N–H and O–H groups in total. The highest BCUT2D eigenvalue weighted by molar-refractivity contribution is 7.89. The number of sulfonamides is 1. The Balaban J connectivity index is 0.00000220. The molecule has 0 spiro atoms. The zero-order chi connectivity index (χ0) is 14.9. The third-order valence-corrected chi connectivity index (χ3v) is 5.24. The van der Waals surface area contributed by atoms with Crippen LogP contribution in [0.2, 0.25) is 0 Å². The predicted molar refractivity (Wildman–Crippen MR) is 82.3 cm³/mol. The Bertz CT molecular complexity index is 614. The molecular weight excluding hydrogens is 316 g/mol. The van der Waals surface area contributed by atoms with Gasteiger partial charge in [0, 0.05) is 46.0 Å². The maximum atomic E-state index is 12.6. The smallest absolute Gasteiger partial charge is 0.267 e. The van der Waals surface area contributed by atoms with E-state index in [0.29, 0.717) is 25.3 Å². The van der Waals surface area contributed by atoms with Gasteiger partial charge in [-0.3, -0.25) is 4.79 Å². The fourth-order valence-electron chi connectivity index (χ4n) is 2.29. The van der Waals surface area contributed by atoms with E-state index >= 15 is 0 Å². The van der Waals surface area contributed by atoms with E-state index in [1.807, 2.05) is 6.92 Å². The molecule has 1 atom stereocenters. The Morgan fingerprint density at radius 2 is 2.14 bits per heavy atom. The van der Waals surface area contributed by atoms with Crippen LogP contribution in [0.5, 0.6) is 0 Å². The molecule has 1 aliphatic heterocycles. The summed E-state index contributed by atoms with van der Waals surface area (Å²) in [7, 11) is -0.374. The summed E-state index contributed by atoms with van der Waals surface area (Å²) in [5, 5.41) is 5.70. The Morgan fingerprint density at radius 1 is 1.48 bits per heavy atom. The van der Waals surface area contributed by atoms with Gasteiger partial charge in [0.1, 0.15) is 10.6 Å². The summed E-state index contributed by atoms with van der Waals surface area (Å²) in [4.78, 5) is 11.8. The number of halogens is 1. The summed E-state index contributed by atoms with van der Waals surface area (Å²) in [6.07, 6.45) is 1.48. The topological polar surface area (TPSA) is 83.4 Å². The van der Waals surface area contributed by atoms with Crippen LogP contribution in [-0.2, 0) is 17.1 Å². The number of hydrogen-bond acceptors (Lipinski definition) is 4. The van der Waals surface area contributed by atoms with Gasteiger partial charge in [-0.2, -0.15) is 4.31 Å². The number of hydrogen-bond donors (Lipinski definition) is 2. The van der Waals surface area contributed by atoms with Crippen molar-refractivity contribution in [1.82, 2.24) is 19.5 Å². The van der Waals surface area contributed by atoms with Gasteiger partial charge in [0.05, 0.1) is 0 Å². The average molecular weight is 337 g/mol. The van der Waals surface area contributed by atoms with Crippen LogP contribution in [0.25, 0.3) is 0 Å². The van der Waals surface area contributed by atoms with Gasteiger partial charge in [-0.15, -0.1) is 12.4 Å². The second-order valence-electron chi connectivity index (χ2n) is 4.97. The maximum Gasteiger partial charge on any atom is 0.267 e. The zero-order valence-electron chi connectivity index (χ0n) is 12.3. The molecule has 0 radical (unpaired) electrons. The van der Waals surface area contributed by atoms with E-state index < -0.39 is 10.0 Å². The molecule has 2 rings (SSSR count). The Morgan fingerprint density at radius 3 is 2.71 bits per heavy atom.